The molecule has 0 spiro atoms. The molecule has 0 aliphatic heterocycles. The molecule has 1 aromatic rings. The van der Waals surface area contributed by atoms with Crippen LogP contribution >= 0.6 is 15.9 Å². The van der Waals surface area contributed by atoms with E-state index < -0.39 is 11.7 Å². The summed E-state index contributed by atoms with van der Waals surface area (Å²) >= 11 is 3.08. The molecule has 2 nitrogen and oxygen atoms in total. The number of halogens is 4. The van der Waals surface area contributed by atoms with Gasteiger partial charge in [-0.15, -0.1) is 0 Å². The Hall–Kier alpha value is -1.22. The Morgan fingerprint density at radius 1 is 1.40 bits per heavy atom. The van der Waals surface area contributed by atoms with Crippen molar-refractivity contribution in [3.63, 3.8) is 0 Å². The molecule has 0 aliphatic rings. The molecule has 1 rings (SSSR count). The summed E-state index contributed by atoms with van der Waals surface area (Å²) in [6, 6.07) is 3.15. The Balaban J connectivity index is 3.24. The van der Waals surface area contributed by atoms with Gasteiger partial charge >= 0.3 is 6.18 Å². The molecule has 0 radical (unpaired) electrons. The molecular weight excluding hydrogens is 273 g/mol. The first-order chi connectivity index (χ1) is 6.86. The molecule has 0 atom stereocenters. The fourth-order valence-corrected chi connectivity index (χ4v) is 1.51. The van der Waals surface area contributed by atoms with Crippen LogP contribution < -0.4 is 4.90 Å². The first-order valence-electron chi connectivity index (χ1n) is 3.86. The van der Waals surface area contributed by atoms with E-state index >= 15 is 0 Å². The molecule has 0 unspecified atom stereocenters. The van der Waals surface area contributed by atoms with Crippen molar-refractivity contribution in [3.8, 4) is 6.19 Å². The van der Waals surface area contributed by atoms with Crippen molar-refractivity contribution in [1.82, 2.24) is 0 Å². The number of benzene rings is 1. The topological polar surface area (TPSA) is 27.0 Å². The van der Waals surface area contributed by atoms with Crippen molar-refractivity contribution in [3.05, 3.63) is 28.2 Å². The minimum atomic E-state index is -4.40. The highest BCUT2D eigenvalue weighted by Crippen LogP contribution is 2.34. The predicted octanol–water partition coefficient (Wildman–Crippen LogP) is 3.39. The molecule has 0 N–H and O–H groups in total. The minimum absolute atomic E-state index is 0.187. The van der Waals surface area contributed by atoms with Gasteiger partial charge in [0.1, 0.15) is 0 Å². The third kappa shape index (κ3) is 2.63. The smallest absolute Gasteiger partial charge is 0.281 e. The van der Waals surface area contributed by atoms with E-state index in [9.17, 15) is 13.2 Å². The van der Waals surface area contributed by atoms with Gasteiger partial charge in [-0.05, 0) is 34.1 Å². The van der Waals surface area contributed by atoms with E-state index in [1.54, 1.807) is 6.19 Å². The Kier molecular flexibility index (Phi) is 3.25. The minimum Gasteiger partial charge on any atom is -0.281 e. The van der Waals surface area contributed by atoms with Crippen LogP contribution in [0.3, 0.4) is 0 Å². The highest BCUT2D eigenvalue weighted by atomic mass is 79.9. The summed E-state index contributed by atoms with van der Waals surface area (Å²) in [5, 5.41) is 8.58. The second-order valence-electron chi connectivity index (χ2n) is 2.82. The molecule has 1 aromatic carbocycles. The maximum atomic E-state index is 12.4. The molecule has 0 aromatic heterocycles. The standard InChI is InChI=1S/C9H6BrF3N2/c1-15(5-14)8-4-6(9(11,12)13)2-3-7(8)10/h2-4H,1H3. The van der Waals surface area contributed by atoms with Gasteiger partial charge in [-0.3, -0.25) is 4.90 Å². The lowest BCUT2D eigenvalue weighted by atomic mass is 10.2. The lowest BCUT2D eigenvalue weighted by Crippen LogP contribution is -2.11. The molecule has 0 heterocycles. The van der Waals surface area contributed by atoms with Crippen LogP contribution in [-0.2, 0) is 6.18 Å². The van der Waals surface area contributed by atoms with Gasteiger partial charge in [0.2, 0.25) is 0 Å². The van der Waals surface area contributed by atoms with E-state index in [0.717, 1.165) is 17.0 Å². The van der Waals surface area contributed by atoms with E-state index in [0.29, 0.717) is 4.47 Å². The van der Waals surface area contributed by atoms with Crippen molar-refractivity contribution in [2.75, 3.05) is 11.9 Å². The monoisotopic (exact) mass is 278 g/mol. The van der Waals surface area contributed by atoms with E-state index in [1.807, 2.05) is 0 Å². The Morgan fingerprint density at radius 2 is 2.00 bits per heavy atom. The molecule has 0 aliphatic carbocycles. The van der Waals surface area contributed by atoms with Crippen molar-refractivity contribution in [2.45, 2.75) is 6.18 Å². The summed E-state index contributed by atoms with van der Waals surface area (Å²) in [7, 11) is 1.39. The molecule has 15 heavy (non-hydrogen) atoms. The summed E-state index contributed by atoms with van der Waals surface area (Å²) in [6.45, 7) is 0. The lowest BCUT2D eigenvalue weighted by Gasteiger charge is -2.14. The summed E-state index contributed by atoms with van der Waals surface area (Å²) in [4.78, 5) is 1.05. The third-order valence-corrected chi connectivity index (χ3v) is 2.46. The van der Waals surface area contributed by atoms with Crippen LogP contribution in [0.1, 0.15) is 5.56 Å². The first kappa shape index (κ1) is 11.9. The van der Waals surface area contributed by atoms with Crippen LogP contribution in [0.25, 0.3) is 0 Å². The van der Waals surface area contributed by atoms with E-state index in [1.165, 1.54) is 13.1 Å². The number of rotatable bonds is 1. The molecule has 0 saturated heterocycles. The normalized spacial score (nSPS) is 10.9. The van der Waals surface area contributed by atoms with Gasteiger partial charge in [0, 0.05) is 11.5 Å². The molecule has 0 amide bonds. The Morgan fingerprint density at radius 3 is 2.47 bits per heavy atom. The fraction of sp³-hybridized carbons (Fsp3) is 0.222. The fourth-order valence-electron chi connectivity index (χ4n) is 1.000. The van der Waals surface area contributed by atoms with Crippen molar-refractivity contribution < 1.29 is 13.2 Å². The quantitative estimate of drug-likeness (QED) is 0.582. The van der Waals surface area contributed by atoms with Gasteiger partial charge in [-0.25, -0.2) is 0 Å². The molecule has 0 fully saturated rings. The van der Waals surface area contributed by atoms with Crippen molar-refractivity contribution in [2.24, 2.45) is 0 Å². The summed E-state index contributed by atoms with van der Waals surface area (Å²) < 4.78 is 37.5. The molecule has 80 valence electrons. The van der Waals surface area contributed by atoms with Crippen LogP contribution in [0, 0.1) is 11.5 Å². The number of hydrogen-bond acceptors (Lipinski definition) is 2. The SMILES string of the molecule is CN(C#N)c1cc(C(F)(F)F)ccc1Br. The largest absolute Gasteiger partial charge is 0.416 e. The van der Waals surface area contributed by atoms with Crippen molar-refractivity contribution in [1.29, 1.82) is 5.26 Å². The molecule has 6 heteroatoms. The average molecular weight is 279 g/mol. The van der Waals surface area contributed by atoms with Crippen LogP contribution in [0.2, 0.25) is 0 Å². The first-order valence-corrected chi connectivity index (χ1v) is 4.65. The zero-order valence-electron chi connectivity index (χ0n) is 7.64. The van der Waals surface area contributed by atoms with Gasteiger partial charge in [-0.1, -0.05) is 0 Å². The maximum Gasteiger partial charge on any atom is 0.416 e. The molecule has 0 saturated carbocycles. The summed E-state index contributed by atoms with van der Waals surface area (Å²) in [5.41, 5.74) is -0.588. The average Bonchev–Trinajstić information content (AvgIpc) is 2.15. The molecule has 0 bridgehead atoms. The second-order valence-corrected chi connectivity index (χ2v) is 3.68. The zero-order valence-corrected chi connectivity index (χ0v) is 9.22. The Labute approximate surface area is 93.0 Å². The van der Waals surface area contributed by atoms with Crippen LogP contribution in [-0.4, -0.2) is 7.05 Å². The van der Waals surface area contributed by atoms with Gasteiger partial charge in [0.25, 0.3) is 0 Å². The van der Waals surface area contributed by atoms with Gasteiger partial charge < -0.3 is 0 Å². The third-order valence-electron chi connectivity index (χ3n) is 1.78. The van der Waals surface area contributed by atoms with Crippen molar-refractivity contribution >= 4 is 21.6 Å². The number of alkyl halides is 3. The predicted molar refractivity (Wildman–Crippen MR) is 53.2 cm³/mol. The van der Waals surface area contributed by atoms with Crippen LogP contribution in [0.5, 0.6) is 0 Å². The van der Waals surface area contributed by atoms with Gasteiger partial charge in [-0.2, -0.15) is 18.4 Å². The van der Waals surface area contributed by atoms with E-state index in [2.05, 4.69) is 15.9 Å². The van der Waals surface area contributed by atoms with Crippen LogP contribution in [0.4, 0.5) is 18.9 Å². The zero-order chi connectivity index (χ0) is 11.6. The van der Waals surface area contributed by atoms with Crippen LogP contribution in [0.15, 0.2) is 22.7 Å². The summed E-state index contributed by atoms with van der Waals surface area (Å²) in [6.07, 6.45) is -2.66. The highest BCUT2D eigenvalue weighted by molar-refractivity contribution is 9.10. The lowest BCUT2D eigenvalue weighted by molar-refractivity contribution is -0.137. The van der Waals surface area contributed by atoms with E-state index in [-0.39, 0.29) is 5.69 Å². The van der Waals surface area contributed by atoms with Gasteiger partial charge in [0.15, 0.2) is 6.19 Å². The number of hydrogen-bond donors (Lipinski definition) is 0. The second kappa shape index (κ2) is 4.11. The summed E-state index contributed by atoms with van der Waals surface area (Å²) in [5.74, 6) is 0. The molecular formula is C9H6BrF3N2. The number of anilines is 1. The number of nitrogens with zero attached hydrogens (tertiary/aromatic N) is 2. The number of nitriles is 1. The van der Waals surface area contributed by atoms with E-state index in [4.69, 9.17) is 5.26 Å². The maximum absolute atomic E-state index is 12.4. The Bertz CT molecular complexity index is 409. The van der Waals surface area contributed by atoms with Gasteiger partial charge in [0.05, 0.1) is 11.3 Å². The highest BCUT2D eigenvalue weighted by Gasteiger charge is 2.31.